The zero-order valence-corrected chi connectivity index (χ0v) is 15.7. The summed E-state index contributed by atoms with van der Waals surface area (Å²) < 4.78 is 2.98. The molecule has 1 heterocycles. The molecule has 1 aromatic heterocycles. The highest BCUT2D eigenvalue weighted by Crippen LogP contribution is 2.31. The largest absolute Gasteiger partial charge is 0.305 e. The van der Waals surface area contributed by atoms with Crippen LogP contribution in [-0.4, -0.2) is 16.3 Å². The van der Waals surface area contributed by atoms with Crippen LogP contribution in [0.15, 0.2) is 24.4 Å². The highest BCUT2D eigenvalue weighted by molar-refractivity contribution is 14.1. The van der Waals surface area contributed by atoms with Gasteiger partial charge in [-0.2, -0.15) is 5.10 Å². The molecule has 1 aromatic carbocycles. The lowest BCUT2D eigenvalue weighted by molar-refractivity contribution is 0.530. The van der Waals surface area contributed by atoms with Crippen LogP contribution in [0.1, 0.15) is 37.6 Å². The highest BCUT2D eigenvalue weighted by atomic mass is 127. The molecule has 21 heavy (non-hydrogen) atoms. The van der Waals surface area contributed by atoms with Crippen molar-refractivity contribution in [1.29, 1.82) is 0 Å². The van der Waals surface area contributed by atoms with Crippen molar-refractivity contribution in [3.05, 3.63) is 49.3 Å². The summed E-state index contributed by atoms with van der Waals surface area (Å²) in [7, 11) is 0. The van der Waals surface area contributed by atoms with Gasteiger partial charge in [-0.05, 0) is 60.2 Å². The van der Waals surface area contributed by atoms with Crippen molar-refractivity contribution >= 4 is 45.8 Å². The molecular weight excluding hydrogens is 420 g/mol. The summed E-state index contributed by atoms with van der Waals surface area (Å²) in [6, 6.07) is 6.11. The normalized spacial score (nSPS) is 12.6. The maximum absolute atomic E-state index is 6.36. The molecule has 0 aliphatic heterocycles. The molecule has 114 valence electrons. The summed E-state index contributed by atoms with van der Waals surface area (Å²) in [5, 5.41) is 9.32. The molecule has 2 aromatic rings. The van der Waals surface area contributed by atoms with Crippen LogP contribution in [-0.2, 0) is 6.54 Å². The summed E-state index contributed by atoms with van der Waals surface area (Å²) in [5.41, 5.74) is 2.09. The van der Waals surface area contributed by atoms with Gasteiger partial charge >= 0.3 is 0 Å². The van der Waals surface area contributed by atoms with Gasteiger partial charge in [-0.3, -0.25) is 4.68 Å². The fourth-order valence-electron chi connectivity index (χ4n) is 2.26. The minimum atomic E-state index is -0.00519. The minimum absolute atomic E-state index is 0.00519. The molecule has 0 saturated carbocycles. The van der Waals surface area contributed by atoms with E-state index in [-0.39, 0.29) is 6.04 Å². The Morgan fingerprint density at radius 3 is 2.67 bits per heavy atom. The first kappa shape index (κ1) is 17.1. The number of halogens is 3. The monoisotopic (exact) mass is 437 g/mol. The van der Waals surface area contributed by atoms with E-state index >= 15 is 0 Å². The average Bonchev–Trinajstić information content (AvgIpc) is 2.84. The van der Waals surface area contributed by atoms with Gasteiger partial charge in [-0.15, -0.1) is 0 Å². The van der Waals surface area contributed by atoms with Crippen LogP contribution in [0, 0.1) is 3.57 Å². The Labute approximate surface area is 149 Å². The first-order valence-electron chi connectivity index (χ1n) is 6.98. The molecule has 0 fully saturated rings. The van der Waals surface area contributed by atoms with E-state index in [1.165, 1.54) is 0 Å². The molecule has 3 nitrogen and oxygen atoms in total. The number of hydrogen-bond acceptors (Lipinski definition) is 2. The zero-order chi connectivity index (χ0) is 15.4. The predicted molar refractivity (Wildman–Crippen MR) is 97.2 cm³/mol. The molecule has 0 saturated heterocycles. The number of benzene rings is 1. The van der Waals surface area contributed by atoms with Crippen LogP contribution < -0.4 is 5.32 Å². The molecule has 0 bridgehead atoms. The number of nitrogens with zero attached hydrogens (tertiary/aromatic N) is 2. The van der Waals surface area contributed by atoms with E-state index in [2.05, 4.69) is 52.9 Å². The molecule has 0 radical (unpaired) electrons. The summed E-state index contributed by atoms with van der Waals surface area (Å²) in [5.74, 6) is 0. The standard InChI is InChI=1S/C15H18Cl2IN3/c1-3-7-19-14(10-5-6-13(18)11(16)8-10)15-12(17)9-20-21(15)4-2/h5-6,8-9,14,19H,3-4,7H2,1-2H3. The van der Waals surface area contributed by atoms with Gasteiger partial charge in [0, 0.05) is 10.1 Å². The molecule has 0 spiro atoms. The summed E-state index contributed by atoms with van der Waals surface area (Å²) in [6.07, 6.45) is 2.75. The molecule has 1 unspecified atom stereocenters. The second kappa shape index (κ2) is 7.81. The van der Waals surface area contributed by atoms with E-state index in [0.717, 1.165) is 39.4 Å². The zero-order valence-electron chi connectivity index (χ0n) is 12.0. The Hall–Kier alpha value is -0.300. The first-order chi connectivity index (χ1) is 10.1. The Morgan fingerprint density at radius 1 is 1.29 bits per heavy atom. The smallest absolute Gasteiger partial charge is 0.0837 e. The van der Waals surface area contributed by atoms with Crippen LogP contribution in [0.4, 0.5) is 0 Å². The third kappa shape index (κ3) is 3.92. The Kier molecular flexibility index (Phi) is 6.34. The van der Waals surface area contributed by atoms with Gasteiger partial charge in [0.1, 0.15) is 0 Å². The fraction of sp³-hybridized carbons (Fsp3) is 0.400. The van der Waals surface area contributed by atoms with Crippen LogP contribution in [0.3, 0.4) is 0 Å². The van der Waals surface area contributed by atoms with Crippen LogP contribution in [0.2, 0.25) is 10.0 Å². The van der Waals surface area contributed by atoms with Crippen molar-refractivity contribution in [3.8, 4) is 0 Å². The molecule has 0 amide bonds. The van der Waals surface area contributed by atoms with E-state index in [1.807, 2.05) is 16.8 Å². The Balaban J connectivity index is 2.46. The van der Waals surface area contributed by atoms with Gasteiger partial charge in [0.05, 0.1) is 28.0 Å². The molecule has 6 heteroatoms. The van der Waals surface area contributed by atoms with Crippen LogP contribution in [0.25, 0.3) is 0 Å². The summed E-state index contributed by atoms with van der Waals surface area (Å²) >= 11 is 14.9. The van der Waals surface area contributed by atoms with Gasteiger partial charge < -0.3 is 5.32 Å². The van der Waals surface area contributed by atoms with E-state index in [4.69, 9.17) is 23.2 Å². The third-order valence-corrected chi connectivity index (χ3v) is 5.15. The van der Waals surface area contributed by atoms with Crippen molar-refractivity contribution in [1.82, 2.24) is 15.1 Å². The number of nitrogens with one attached hydrogen (secondary N) is 1. The number of rotatable bonds is 6. The number of aromatic nitrogens is 2. The third-order valence-electron chi connectivity index (χ3n) is 3.28. The highest BCUT2D eigenvalue weighted by Gasteiger charge is 2.21. The molecule has 2 rings (SSSR count). The second-order valence-electron chi connectivity index (χ2n) is 4.75. The van der Waals surface area contributed by atoms with E-state index in [1.54, 1.807) is 6.20 Å². The fourth-order valence-corrected chi connectivity index (χ4v) is 3.04. The van der Waals surface area contributed by atoms with Crippen molar-refractivity contribution in [2.75, 3.05) is 6.54 Å². The maximum atomic E-state index is 6.36. The predicted octanol–water partition coefficient (Wildman–Crippen LogP) is 4.90. The number of aryl methyl sites for hydroxylation is 1. The lowest BCUT2D eigenvalue weighted by atomic mass is 10.0. The van der Waals surface area contributed by atoms with Gasteiger partial charge in [-0.25, -0.2) is 0 Å². The second-order valence-corrected chi connectivity index (χ2v) is 6.73. The topological polar surface area (TPSA) is 29.9 Å². The SMILES string of the molecule is CCCNC(c1ccc(I)c(Cl)c1)c1c(Cl)cnn1CC. The van der Waals surface area contributed by atoms with E-state index < -0.39 is 0 Å². The van der Waals surface area contributed by atoms with E-state index in [0.29, 0.717) is 5.02 Å². The maximum Gasteiger partial charge on any atom is 0.0837 e. The van der Waals surface area contributed by atoms with Gasteiger partial charge in [0.2, 0.25) is 0 Å². The minimum Gasteiger partial charge on any atom is -0.305 e. The van der Waals surface area contributed by atoms with Crippen molar-refractivity contribution < 1.29 is 0 Å². The molecule has 0 aliphatic carbocycles. The van der Waals surface area contributed by atoms with Crippen LogP contribution >= 0.6 is 45.8 Å². The summed E-state index contributed by atoms with van der Waals surface area (Å²) in [4.78, 5) is 0. The quantitative estimate of drug-likeness (QED) is 0.651. The number of hydrogen-bond donors (Lipinski definition) is 1. The van der Waals surface area contributed by atoms with Gasteiger partial charge in [0.15, 0.2) is 0 Å². The van der Waals surface area contributed by atoms with Gasteiger partial charge in [0.25, 0.3) is 0 Å². The lowest BCUT2D eigenvalue weighted by Gasteiger charge is -2.21. The molecule has 1 N–H and O–H groups in total. The average molecular weight is 438 g/mol. The van der Waals surface area contributed by atoms with Crippen molar-refractivity contribution in [3.63, 3.8) is 0 Å². The lowest BCUT2D eigenvalue weighted by Crippen LogP contribution is -2.26. The molecule has 1 atom stereocenters. The first-order valence-corrected chi connectivity index (χ1v) is 8.81. The van der Waals surface area contributed by atoms with Crippen LogP contribution in [0.5, 0.6) is 0 Å². The molecular formula is C15H18Cl2IN3. The Morgan fingerprint density at radius 2 is 2.05 bits per heavy atom. The van der Waals surface area contributed by atoms with Crippen molar-refractivity contribution in [2.45, 2.75) is 32.9 Å². The van der Waals surface area contributed by atoms with Gasteiger partial charge in [-0.1, -0.05) is 36.2 Å². The Bertz CT molecular complexity index is 613. The summed E-state index contributed by atoms with van der Waals surface area (Å²) in [6.45, 7) is 5.89. The molecule has 0 aliphatic rings. The van der Waals surface area contributed by atoms with Crippen molar-refractivity contribution in [2.24, 2.45) is 0 Å². The van der Waals surface area contributed by atoms with E-state index in [9.17, 15) is 0 Å².